The molecule has 0 atom stereocenters. The van der Waals surface area contributed by atoms with Crippen LogP contribution in [0.5, 0.6) is 0 Å². The minimum atomic E-state index is -0.00782. The Morgan fingerprint density at radius 2 is 1.55 bits per heavy atom. The van der Waals surface area contributed by atoms with Crippen molar-refractivity contribution in [3.8, 4) is 33.2 Å². The average Bonchev–Trinajstić information content (AvgIpc) is 3.66. The first-order chi connectivity index (χ1) is 19.7. The highest BCUT2D eigenvalue weighted by atomic mass is 32.1. The minimum Gasteiger partial charge on any atom is -0.306 e. The fourth-order valence-corrected chi connectivity index (χ4v) is 6.28. The number of hydrogen-bond acceptors (Lipinski definition) is 6. The zero-order chi connectivity index (χ0) is 26.9. The van der Waals surface area contributed by atoms with Gasteiger partial charge in [-0.25, -0.2) is 9.78 Å². The third-order valence-electron chi connectivity index (χ3n) is 7.66. The Morgan fingerprint density at radius 1 is 0.800 bits per heavy atom. The molecule has 1 aliphatic rings. The van der Waals surface area contributed by atoms with E-state index in [4.69, 9.17) is 4.98 Å². The van der Waals surface area contributed by atoms with Gasteiger partial charge in [0.25, 0.3) is 0 Å². The Labute approximate surface area is 235 Å². The summed E-state index contributed by atoms with van der Waals surface area (Å²) in [5.74, 6) is 0.644. The Kier molecular flexibility index (Phi) is 6.55. The largest absolute Gasteiger partial charge is 0.326 e. The lowest BCUT2D eigenvalue weighted by Crippen LogP contribution is -2.36. The quantitative estimate of drug-likeness (QED) is 0.262. The topological polar surface area (TPSA) is 79.7 Å². The lowest BCUT2D eigenvalue weighted by Gasteiger charge is -2.32. The van der Waals surface area contributed by atoms with Gasteiger partial charge in [-0.15, -0.1) is 21.5 Å². The van der Waals surface area contributed by atoms with Crippen LogP contribution in [0.1, 0.15) is 24.4 Å². The molecule has 3 aromatic heterocycles. The number of para-hydroxylation sites is 2. The molecule has 0 radical (unpaired) electrons. The van der Waals surface area contributed by atoms with Gasteiger partial charge in [0.05, 0.1) is 15.9 Å². The molecule has 198 valence electrons. The first kappa shape index (κ1) is 24.6. The maximum absolute atomic E-state index is 12.6. The molecule has 4 heterocycles. The van der Waals surface area contributed by atoms with Crippen LogP contribution in [0, 0.1) is 0 Å². The zero-order valence-corrected chi connectivity index (χ0v) is 22.7. The van der Waals surface area contributed by atoms with Crippen LogP contribution >= 0.6 is 11.3 Å². The summed E-state index contributed by atoms with van der Waals surface area (Å²) in [4.78, 5) is 24.1. The molecule has 8 heteroatoms. The molecule has 0 unspecified atom stereocenters. The molecule has 0 saturated carbocycles. The molecule has 40 heavy (non-hydrogen) atoms. The van der Waals surface area contributed by atoms with E-state index in [2.05, 4.69) is 44.3 Å². The van der Waals surface area contributed by atoms with E-state index in [0.29, 0.717) is 5.82 Å². The predicted octanol–water partition coefficient (Wildman–Crippen LogP) is 6.41. The van der Waals surface area contributed by atoms with Crippen LogP contribution in [0.15, 0.2) is 101 Å². The van der Waals surface area contributed by atoms with Crippen molar-refractivity contribution in [2.75, 3.05) is 13.1 Å². The summed E-state index contributed by atoms with van der Waals surface area (Å²) in [5, 5.41) is 11.1. The van der Waals surface area contributed by atoms with Crippen LogP contribution in [0.3, 0.4) is 0 Å². The second-order valence-corrected chi connectivity index (χ2v) is 11.1. The molecular weight excluding hydrogens is 516 g/mol. The Hall–Kier alpha value is -4.40. The highest BCUT2D eigenvalue weighted by molar-refractivity contribution is 7.13. The molecule has 1 fully saturated rings. The molecule has 1 saturated heterocycles. The van der Waals surface area contributed by atoms with Gasteiger partial charge in [0.1, 0.15) is 11.4 Å². The van der Waals surface area contributed by atoms with Gasteiger partial charge in [0.15, 0.2) is 5.82 Å². The molecule has 0 bridgehead atoms. The van der Waals surface area contributed by atoms with Gasteiger partial charge < -0.3 is 4.98 Å². The molecule has 1 aliphatic heterocycles. The van der Waals surface area contributed by atoms with E-state index < -0.39 is 0 Å². The second kappa shape index (κ2) is 10.6. The predicted molar refractivity (Wildman–Crippen MR) is 160 cm³/mol. The summed E-state index contributed by atoms with van der Waals surface area (Å²) < 4.78 is 1.95. The number of H-pyrrole nitrogens is 1. The number of benzene rings is 3. The third-order valence-corrected chi connectivity index (χ3v) is 8.52. The zero-order valence-electron chi connectivity index (χ0n) is 21.9. The fourth-order valence-electron chi connectivity index (χ4n) is 5.63. The highest BCUT2D eigenvalue weighted by Crippen LogP contribution is 2.32. The number of piperidine rings is 1. The Morgan fingerprint density at radius 3 is 2.33 bits per heavy atom. The number of nitrogens with zero attached hydrogens (tertiary/aromatic N) is 5. The van der Waals surface area contributed by atoms with Gasteiger partial charge in [-0.3, -0.25) is 9.47 Å². The minimum absolute atomic E-state index is 0.00782. The van der Waals surface area contributed by atoms with Crippen LogP contribution in [0.2, 0.25) is 0 Å². The number of aromatic nitrogens is 5. The van der Waals surface area contributed by atoms with E-state index >= 15 is 0 Å². The van der Waals surface area contributed by atoms with Crippen molar-refractivity contribution < 1.29 is 0 Å². The monoisotopic (exact) mass is 544 g/mol. The molecule has 6 aromatic rings. The van der Waals surface area contributed by atoms with Crippen molar-refractivity contribution >= 4 is 22.4 Å². The second-order valence-electron chi connectivity index (χ2n) is 10.2. The molecule has 0 aliphatic carbocycles. The van der Waals surface area contributed by atoms with Gasteiger partial charge >= 0.3 is 5.69 Å². The number of thiophene rings is 1. The summed E-state index contributed by atoms with van der Waals surface area (Å²) in [6, 6.07) is 31.0. The summed E-state index contributed by atoms with van der Waals surface area (Å²) >= 11 is 1.61. The lowest BCUT2D eigenvalue weighted by atomic mass is 10.0. The van der Waals surface area contributed by atoms with Gasteiger partial charge in [0, 0.05) is 36.8 Å². The Balaban J connectivity index is 1.09. The van der Waals surface area contributed by atoms with Crippen molar-refractivity contribution in [2.24, 2.45) is 0 Å². The number of aromatic amines is 1. The molecule has 7 nitrogen and oxygen atoms in total. The van der Waals surface area contributed by atoms with Gasteiger partial charge in [-0.05, 0) is 42.0 Å². The van der Waals surface area contributed by atoms with Crippen LogP contribution in [-0.4, -0.2) is 42.7 Å². The molecule has 0 spiro atoms. The van der Waals surface area contributed by atoms with Crippen LogP contribution in [0.4, 0.5) is 0 Å². The average molecular weight is 545 g/mol. The summed E-state index contributed by atoms with van der Waals surface area (Å²) in [6.07, 6.45) is 1.91. The number of hydrogen-bond donors (Lipinski definition) is 1. The molecule has 3 aromatic carbocycles. The van der Waals surface area contributed by atoms with Crippen LogP contribution < -0.4 is 5.69 Å². The van der Waals surface area contributed by atoms with Crippen molar-refractivity contribution in [3.05, 3.63) is 112 Å². The van der Waals surface area contributed by atoms with Crippen molar-refractivity contribution in [2.45, 2.75) is 25.4 Å². The van der Waals surface area contributed by atoms with E-state index in [1.807, 2.05) is 76.7 Å². The van der Waals surface area contributed by atoms with E-state index in [1.165, 1.54) is 5.56 Å². The first-order valence-corrected chi connectivity index (χ1v) is 14.5. The Bertz CT molecular complexity index is 1800. The fraction of sp³-hybridized carbons (Fsp3) is 0.188. The summed E-state index contributed by atoms with van der Waals surface area (Å²) in [5.41, 5.74) is 6.79. The van der Waals surface area contributed by atoms with E-state index in [9.17, 15) is 4.79 Å². The van der Waals surface area contributed by atoms with Crippen molar-refractivity contribution in [1.29, 1.82) is 0 Å². The maximum Gasteiger partial charge on any atom is 0.326 e. The SMILES string of the molecule is O=c1[nH]c2ccccc2n1C1CCN(Cc2ccc(-c3nc(-c4cccs4)nnc3-c3ccccc3)cc2)CC1. The molecule has 7 rings (SSSR count). The van der Waals surface area contributed by atoms with E-state index in [1.54, 1.807) is 11.3 Å². The smallest absolute Gasteiger partial charge is 0.306 e. The van der Waals surface area contributed by atoms with Gasteiger partial charge in [-0.2, -0.15) is 0 Å². The summed E-state index contributed by atoms with van der Waals surface area (Å²) in [6.45, 7) is 2.79. The lowest BCUT2D eigenvalue weighted by molar-refractivity contribution is 0.180. The molecular formula is C32H28N6OS. The number of nitrogens with one attached hydrogen (secondary N) is 1. The van der Waals surface area contributed by atoms with E-state index in [0.717, 1.165) is 70.9 Å². The van der Waals surface area contributed by atoms with Crippen LogP contribution in [-0.2, 0) is 6.54 Å². The molecule has 1 N–H and O–H groups in total. The number of likely N-dealkylation sites (tertiary alicyclic amines) is 1. The number of imidazole rings is 1. The third kappa shape index (κ3) is 4.76. The highest BCUT2D eigenvalue weighted by Gasteiger charge is 2.23. The number of fused-ring (bicyclic) bond motifs is 1. The van der Waals surface area contributed by atoms with Crippen molar-refractivity contribution in [1.82, 2.24) is 29.6 Å². The normalized spacial score (nSPS) is 14.6. The maximum atomic E-state index is 12.6. The van der Waals surface area contributed by atoms with Gasteiger partial charge in [-0.1, -0.05) is 72.8 Å². The molecule has 0 amide bonds. The number of rotatable bonds is 6. The van der Waals surface area contributed by atoms with Crippen LogP contribution in [0.25, 0.3) is 44.2 Å². The summed E-state index contributed by atoms with van der Waals surface area (Å²) in [7, 11) is 0. The van der Waals surface area contributed by atoms with Gasteiger partial charge in [0.2, 0.25) is 0 Å². The first-order valence-electron chi connectivity index (χ1n) is 13.6. The van der Waals surface area contributed by atoms with E-state index in [-0.39, 0.29) is 11.7 Å². The standard InChI is InChI=1S/C32H28N6OS/c39-32-33-26-9-4-5-10-27(26)38(32)25-16-18-37(19-17-25)21-22-12-14-24(15-13-22)29-30(23-7-2-1-3-8-23)35-36-31(34-29)28-11-6-20-40-28/h1-15,20,25H,16-19,21H2,(H,33,39). The van der Waals surface area contributed by atoms with Crippen molar-refractivity contribution in [3.63, 3.8) is 0 Å².